The van der Waals surface area contributed by atoms with Crippen LogP contribution >= 0.6 is 0 Å². The van der Waals surface area contributed by atoms with E-state index in [1.807, 2.05) is 33.9 Å². The summed E-state index contributed by atoms with van der Waals surface area (Å²) in [6.45, 7) is 21.7. The van der Waals surface area contributed by atoms with Crippen LogP contribution in [0.5, 0.6) is 0 Å². The fourth-order valence-electron chi connectivity index (χ4n) is 7.60. The number of aromatic nitrogens is 1. The molecule has 5 rings (SSSR count). The average molecular weight is 865 g/mol. The molecule has 0 spiro atoms. The van der Waals surface area contributed by atoms with Gasteiger partial charge in [0.05, 0.1) is 5.76 Å². The van der Waals surface area contributed by atoms with Gasteiger partial charge in [0.25, 0.3) is 0 Å². The van der Waals surface area contributed by atoms with Crippen LogP contribution in [0.1, 0.15) is 115 Å². The van der Waals surface area contributed by atoms with E-state index in [1.54, 1.807) is 0 Å². The summed E-state index contributed by atoms with van der Waals surface area (Å²) in [5, 5.41) is 12.1. The number of pyridine rings is 1. The molecule has 0 amide bonds. The Balaban J connectivity index is 0.000000374. The van der Waals surface area contributed by atoms with E-state index < -0.39 is 0 Å². The molecule has 1 N–H and O–H groups in total. The van der Waals surface area contributed by atoms with Gasteiger partial charge in [0.2, 0.25) is 0 Å². The van der Waals surface area contributed by atoms with Crippen molar-refractivity contribution in [2.45, 2.75) is 107 Å². The third-order valence-corrected chi connectivity index (χ3v) is 10.5. The first-order valence-electron chi connectivity index (χ1n) is 18.7. The zero-order chi connectivity index (χ0) is 36.9. The summed E-state index contributed by atoms with van der Waals surface area (Å²) in [7, 11) is 4.47. The molecular weight excluding hydrogens is 806 g/mol. The monoisotopic (exact) mass is 865 g/mol. The number of ketones is 1. The van der Waals surface area contributed by atoms with E-state index in [0.717, 1.165) is 42.5 Å². The van der Waals surface area contributed by atoms with Crippen molar-refractivity contribution in [2.75, 3.05) is 23.7 Å². The molecule has 0 fully saturated rings. The van der Waals surface area contributed by atoms with E-state index in [4.69, 9.17) is 4.98 Å². The van der Waals surface area contributed by atoms with Crippen LogP contribution in [0.15, 0.2) is 66.6 Å². The van der Waals surface area contributed by atoms with E-state index >= 15 is 0 Å². The first-order valence-corrected chi connectivity index (χ1v) is 18.7. The second-order valence-electron chi connectivity index (χ2n) is 14.7. The van der Waals surface area contributed by atoms with Crippen molar-refractivity contribution in [3.05, 3.63) is 94.9 Å². The molecule has 1 aliphatic heterocycles. The molecule has 0 unspecified atom stereocenters. The van der Waals surface area contributed by atoms with Crippen molar-refractivity contribution in [1.29, 1.82) is 0 Å². The molecule has 0 saturated carbocycles. The molecule has 1 radical (unpaired) electrons. The third kappa shape index (κ3) is 9.16. The number of aliphatic hydroxyl groups excluding tert-OH is 1. The van der Waals surface area contributed by atoms with Crippen LogP contribution in [0, 0.1) is 31.7 Å². The number of anilines is 2. The Morgan fingerprint density at radius 1 is 0.843 bits per heavy atom. The van der Waals surface area contributed by atoms with Gasteiger partial charge in [0.15, 0.2) is 5.78 Å². The number of carbonyl (C=O) groups excluding carboxylic acids is 1. The topological polar surface area (TPSA) is 56.7 Å². The van der Waals surface area contributed by atoms with E-state index in [9.17, 15) is 9.90 Å². The van der Waals surface area contributed by atoms with E-state index in [-0.39, 0.29) is 50.5 Å². The second kappa shape index (κ2) is 18.4. The predicted octanol–water partition coefficient (Wildman–Crippen LogP) is 10.7. The standard InChI is InChI=1S/C31H35BN3.C13H24O2.Ir/c1-19(2)25-10-9-11-26(20(3)4)30(25)32-34(7)28-17-23-12-13-33-31(27(23)18-29(28)35(32)8)24-15-21(5)14-22(6)16-24;1-5-10(6-2)12(14)9-13(15)11(7-3)8-4;/h9-15,17-20H,1-8H3;9-11,14H,5-8H2,1-4H3;/q-1;;/b;12-9-;. The number of carbonyl (C=O) groups is 1. The quantitative estimate of drug-likeness (QED) is 0.0705. The normalized spacial score (nSPS) is 12.9. The van der Waals surface area contributed by atoms with Gasteiger partial charge in [-0.15, -0.1) is 34.9 Å². The van der Waals surface area contributed by atoms with Crippen LogP contribution in [-0.4, -0.2) is 37.0 Å². The number of fused-ring (bicyclic) bond motifs is 2. The molecule has 0 aliphatic carbocycles. The number of rotatable bonds is 11. The first-order chi connectivity index (χ1) is 23.8. The van der Waals surface area contributed by atoms with Crippen molar-refractivity contribution < 1.29 is 30.0 Å². The number of allylic oxidation sites excluding steroid dienone is 2. The molecule has 0 bridgehead atoms. The minimum absolute atomic E-state index is 0. The number of benzene rings is 3. The van der Waals surface area contributed by atoms with Crippen LogP contribution in [-0.2, 0) is 24.9 Å². The van der Waals surface area contributed by atoms with Crippen LogP contribution in [0.2, 0.25) is 0 Å². The van der Waals surface area contributed by atoms with Crippen molar-refractivity contribution >= 4 is 40.4 Å². The van der Waals surface area contributed by atoms with Crippen molar-refractivity contribution in [3.8, 4) is 11.3 Å². The summed E-state index contributed by atoms with van der Waals surface area (Å²) in [6.07, 6.45) is 6.83. The Labute approximate surface area is 322 Å². The van der Waals surface area contributed by atoms with Gasteiger partial charge >= 0.3 is 6.98 Å². The van der Waals surface area contributed by atoms with Gasteiger partial charge in [-0.2, -0.15) is 0 Å². The Morgan fingerprint density at radius 3 is 1.90 bits per heavy atom. The van der Waals surface area contributed by atoms with Gasteiger partial charge in [-0.05, 0) is 103 Å². The summed E-state index contributed by atoms with van der Waals surface area (Å²) in [6, 6.07) is 21.5. The van der Waals surface area contributed by atoms with E-state index in [2.05, 4.69) is 120 Å². The maximum Gasteiger partial charge on any atom is 0.411 e. The van der Waals surface area contributed by atoms with Crippen LogP contribution in [0.25, 0.3) is 22.0 Å². The number of hydrogen-bond acceptors (Lipinski definition) is 5. The Bertz CT molecular complexity index is 1780. The molecule has 7 heteroatoms. The van der Waals surface area contributed by atoms with E-state index in [0.29, 0.717) is 11.8 Å². The predicted molar refractivity (Wildman–Crippen MR) is 216 cm³/mol. The average Bonchev–Trinajstić information content (AvgIpc) is 3.31. The van der Waals surface area contributed by atoms with E-state index in [1.165, 1.54) is 50.4 Å². The van der Waals surface area contributed by atoms with Gasteiger partial charge in [-0.25, -0.2) is 0 Å². The Morgan fingerprint density at radius 2 is 1.39 bits per heavy atom. The summed E-state index contributed by atoms with van der Waals surface area (Å²) in [5.74, 6) is 1.47. The molecular formula is C44H59BIrN3O2-. The number of aliphatic hydroxyl groups is 1. The minimum Gasteiger partial charge on any atom is -0.512 e. The fraction of sp³-hybridized carbons (Fsp3) is 0.455. The molecule has 4 aromatic rings. The zero-order valence-electron chi connectivity index (χ0n) is 33.0. The van der Waals surface area contributed by atoms with Gasteiger partial charge in [-0.1, -0.05) is 87.4 Å². The number of nitrogens with zero attached hydrogens (tertiary/aromatic N) is 3. The molecule has 2 heterocycles. The summed E-state index contributed by atoms with van der Waals surface area (Å²) in [4.78, 5) is 21.4. The van der Waals surface area contributed by atoms with Gasteiger partial charge in [0.1, 0.15) is 0 Å². The summed E-state index contributed by atoms with van der Waals surface area (Å²) in [5.41, 5.74) is 11.3. The molecule has 5 nitrogen and oxygen atoms in total. The number of hydrogen-bond donors (Lipinski definition) is 1. The summed E-state index contributed by atoms with van der Waals surface area (Å²) >= 11 is 0. The Kier molecular flexibility index (Phi) is 15.1. The molecule has 51 heavy (non-hydrogen) atoms. The van der Waals surface area contributed by atoms with Crippen molar-refractivity contribution in [1.82, 2.24) is 4.98 Å². The number of aryl methyl sites for hydroxylation is 2. The van der Waals surface area contributed by atoms with Crippen LogP contribution in [0.3, 0.4) is 0 Å². The summed E-state index contributed by atoms with van der Waals surface area (Å²) < 4.78 is 0. The molecule has 0 atom stereocenters. The van der Waals surface area contributed by atoms with Gasteiger partial charge in [-0.3, -0.25) is 4.79 Å². The second-order valence-corrected chi connectivity index (χ2v) is 14.7. The molecule has 275 valence electrons. The molecule has 0 saturated heterocycles. The Hall–Kier alpha value is -3.41. The fourth-order valence-corrected chi connectivity index (χ4v) is 7.60. The third-order valence-electron chi connectivity index (χ3n) is 10.5. The maximum absolute atomic E-state index is 11.7. The maximum atomic E-state index is 11.7. The largest absolute Gasteiger partial charge is 0.512 e. The zero-order valence-corrected chi connectivity index (χ0v) is 35.4. The van der Waals surface area contributed by atoms with Crippen molar-refractivity contribution in [2.24, 2.45) is 11.8 Å². The minimum atomic E-state index is 0. The first kappa shape index (κ1) is 42.0. The SMILES string of the molecule is CCC(CC)C(=O)/C=C(\O)C(CC)CC.Cc1[c-]c(-c2nccc3cc4c(cc23)N(C)B(c2c(C(C)C)cccc2C(C)C)N4C)cc(C)c1.[Ir]. The van der Waals surface area contributed by atoms with Gasteiger partial charge < -0.3 is 19.7 Å². The molecule has 3 aromatic carbocycles. The van der Waals surface area contributed by atoms with Gasteiger partial charge in [0, 0.05) is 55.6 Å². The van der Waals surface area contributed by atoms with Crippen LogP contribution < -0.4 is 15.1 Å². The molecule has 1 aromatic heterocycles. The molecule has 1 aliphatic rings. The van der Waals surface area contributed by atoms with Crippen molar-refractivity contribution in [3.63, 3.8) is 0 Å². The van der Waals surface area contributed by atoms with Crippen LogP contribution in [0.4, 0.5) is 11.4 Å². The smallest absolute Gasteiger partial charge is 0.411 e.